The van der Waals surface area contributed by atoms with Crippen LogP contribution in [0.25, 0.3) is 22.2 Å². The molecule has 0 aliphatic carbocycles. The van der Waals surface area contributed by atoms with Crippen LogP contribution in [0.2, 0.25) is 0 Å². The number of nitrogens with zero attached hydrogens (tertiary/aromatic N) is 2. The van der Waals surface area contributed by atoms with Crippen molar-refractivity contribution in [2.24, 2.45) is 0 Å². The predicted molar refractivity (Wildman–Crippen MR) is 130 cm³/mol. The number of hydrogen-bond donors (Lipinski definition) is 1. The summed E-state index contributed by atoms with van der Waals surface area (Å²) in [5.74, 6) is 0.451. The first-order chi connectivity index (χ1) is 15.1. The molecule has 0 saturated heterocycles. The molecule has 1 N–H and O–H groups in total. The summed E-state index contributed by atoms with van der Waals surface area (Å²) in [7, 11) is 0. The van der Waals surface area contributed by atoms with Gasteiger partial charge in [-0.15, -0.1) is 6.58 Å². The van der Waals surface area contributed by atoms with Gasteiger partial charge in [0.15, 0.2) is 0 Å². The highest BCUT2D eigenvalue weighted by atomic mass is 16.1. The largest absolute Gasteiger partial charge is 0.382 e. The van der Waals surface area contributed by atoms with Gasteiger partial charge in [-0.2, -0.15) is 4.98 Å². The van der Waals surface area contributed by atoms with E-state index in [1.165, 1.54) is 5.56 Å². The van der Waals surface area contributed by atoms with Gasteiger partial charge in [-0.3, -0.25) is 4.57 Å². The number of aromatic nitrogens is 2. The van der Waals surface area contributed by atoms with Gasteiger partial charge in [0.1, 0.15) is 0 Å². The second kappa shape index (κ2) is 9.00. The molecule has 0 atom stereocenters. The summed E-state index contributed by atoms with van der Waals surface area (Å²) in [5.41, 5.74) is 5.58. The van der Waals surface area contributed by atoms with E-state index in [9.17, 15) is 4.79 Å². The van der Waals surface area contributed by atoms with Crippen molar-refractivity contribution in [3.63, 3.8) is 0 Å². The SMILES string of the molecule is C=CCNc1ccc2c(c1)c(-c1ccc(C(C)C)cc1)nc(=O)n2Cc1ccccc1. The van der Waals surface area contributed by atoms with E-state index < -0.39 is 0 Å². The van der Waals surface area contributed by atoms with Gasteiger partial charge in [0.05, 0.1) is 17.8 Å². The summed E-state index contributed by atoms with van der Waals surface area (Å²) >= 11 is 0. The highest BCUT2D eigenvalue weighted by Crippen LogP contribution is 2.29. The molecule has 0 unspecified atom stereocenters. The van der Waals surface area contributed by atoms with E-state index >= 15 is 0 Å². The molecule has 1 aromatic heterocycles. The lowest BCUT2D eigenvalue weighted by atomic mass is 9.99. The van der Waals surface area contributed by atoms with E-state index in [1.807, 2.05) is 48.5 Å². The molecule has 0 radical (unpaired) electrons. The molecule has 31 heavy (non-hydrogen) atoms. The summed E-state index contributed by atoms with van der Waals surface area (Å²) in [6.45, 7) is 9.27. The van der Waals surface area contributed by atoms with Gasteiger partial charge in [-0.25, -0.2) is 4.79 Å². The second-order valence-corrected chi connectivity index (χ2v) is 7.99. The lowest BCUT2D eigenvalue weighted by Crippen LogP contribution is -2.24. The highest BCUT2D eigenvalue weighted by molar-refractivity contribution is 5.94. The maximum absolute atomic E-state index is 13.1. The third kappa shape index (κ3) is 4.43. The normalized spacial score (nSPS) is 11.1. The van der Waals surface area contributed by atoms with Crippen molar-refractivity contribution in [1.29, 1.82) is 0 Å². The van der Waals surface area contributed by atoms with Crippen LogP contribution in [-0.4, -0.2) is 16.1 Å². The van der Waals surface area contributed by atoms with Crippen molar-refractivity contribution in [3.8, 4) is 11.3 Å². The van der Waals surface area contributed by atoms with Crippen LogP contribution in [0.15, 0.2) is 90.2 Å². The van der Waals surface area contributed by atoms with Crippen LogP contribution in [0.4, 0.5) is 5.69 Å². The van der Waals surface area contributed by atoms with Crippen molar-refractivity contribution >= 4 is 16.6 Å². The van der Waals surface area contributed by atoms with Crippen LogP contribution >= 0.6 is 0 Å². The van der Waals surface area contributed by atoms with Gasteiger partial charge in [0.2, 0.25) is 0 Å². The van der Waals surface area contributed by atoms with Crippen LogP contribution in [0.3, 0.4) is 0 Å². The van der Waals surface area contributed by atoms with Crippen LogP contribution in [0, 0.1) is 0 Å². The highest BCUT2D eigenvalue weighted by Gasteiger charge is 2.14. The average molecular weight is 410 g/mol. The first-order valence-electron chi connectivity index (χ1n) is 10.6. The fourth-order valence-corrected chi connectivity index (χ4v) is 3.75. The lowest BCUT2D eigenvalue weighted by molar-refractivity contribution is 0.763. The molecule has 4 rings (SSSR count). The van der Waals surface area contributed by atoms with Gasteiger partial charge in [-0.1, -0.05) is 74.5 Å². The Morgan fingerprint density at radius 2 is 1.77 bits per heavy atom. The van der Waals surface area contributed by atoms with E-state index in [4.69, 9.17) is 0 Å². The van der Waals surface area contributed by atoms with Crippen LogP contribution in [0.5, 0.6) is 0 Å². The van der Waals surface area contributed by atoms with Crippen molar-refractivity contribution < 1.29 is 0 Å². The Bertz CT molecular complexity index is 1260. The Kier molecular flexibility index (Phi) is 5.99. The van der Waals surface area contributed by atoms with Gasteiger partial charge in [0.25, 0.3) is 0 Å². The molecule has 3 aromatic carbocycles. The molecule has 0 fully saturated rings. The Morgan fingerprint density at radius 1 is 1.03 bits per heavy atom. The zero-order valence-corrected chi connectivity index (χ0v) is 18.0. The first kappa shape index (κ1) is 20.6. The van der Waals surface area contributed by atoms with E-state index in [0.29, 0.717) is 24.7 Å². The molecule has 4 aromatic rings. The molecule has 0 aliphatic rings. The summed E-state index contributed by atoms with van der Waals surface area (Å²) in [6, 6.07) is 24.4. The summed E-state index contributed by atoms with van der Waals surface area (Å²) in [6.07, 6.45) is 1.82. The maximum Gasteiger partial charge on any atom is 0.348 e. The number of benzene rings is 3. The zero-order valence-electron chi connectivity index (χ0n) is 18.0. The van der Waals surface area contributed by atoms with E-state index in [2.05, 4.69) is 61.1 Å². The van der Waals surface area contributed by atoms with Crippen molar-refractivity contribution in [1.82, 2.24) is 9.55 Å². The third-order valence-electron chi connectivity index (χ3n) is 5.47. The molecule has 1 heterocycles. The number of nitrogens with one attached hydrogen (secondary N) is 1. The van der Waals surface area contributed by atoms with Gasteiger partial charge in [0, 0.05) is 23.2 Å². The molecule has 4 nitrogen and oxygen atoms in total. The molecular formula is C27H27N3O. The monoisotopic (exact) mass is 409 g/mol. The molecule has 4 heteroatoms. The summed E-state index contributed by atoms with van der Waals surface area (Å²) in [5, 5.41) is 4.29. The van der Waals surface area contributed by atoms with Crippen molar-refractivity contribution in [2.75, 3.05) is 11.9 Å². The minimum atomic E-state index is -0.244. The average Bonchev–Trinajstić information content (AvgIpc) is 2.80. The molecule has 0 bridgehead atoms. The summed E-state index contributed by atoms with van der Waals surface area (Å²) < 4.78 is 1.74. The van der Waals surface area contributed by atoms with Gasteiger partial charge >= 0.3 is 5.69 Å². The first-order valence-corrected chi connectivity index (χ1v) is 10.6. The Hall–Kier alpha value is -3.66. The molecule has 0 spiro atoms. The van der Waals surface area contributed by atoms with Gasteiger partial charge in [-0.05, 0) is 35.2 Å². The standard InChI is InChI=1S/C27H27N3O/c1-4-16-28-23-14-15-25-24(17-23)26(22-12-10-21(11-13-22)19(2)3)29-27(31)30(25)18-20-8-6-5-7-9-20/h4-15,17,19,28H,1,16,18H2,2-3H3. The maximum atomic E-state index is 13.1. The van der Waals surface area contributed by atoms with Crippen LogP contribution in [0.1, 0.15) is 30.9 Å². The van der Waals surface area contributed by atoms with Crippen LogP contribution in [-0.2, 0) is 6.54 Å². The molecule has 0 saturated carbocycles. The Labute approximate surface area is 182 Å². The number of anilines is 1. The Balaban J connectivity index is 1.89. The Morgan fingerprint density at radius 3 is 2.45 bits per heavy atom. The van der Waals surface area contributed by atoms with E-state index in [1.54, 1.807) is 4.57 Å². The lowest BCUT2D eigenvalue weighted by Gasteiger charge is -2.15. The molecule has 156 valence electrons. The van der Waals surface area contributed by atoms with E-state index in [0.717, 1.165) is 27.7 Å². The smallest absolute Gasteiger partial charge is 0.348 e. The minimum absolute atomic E-state index is 0.244. The number of hydrogen-bond acceptors (Lipinski definition) is 3. The zero-order chi connectivity index (χ0) is 21.8. The van der Waals surface area contributed by atoms with Crippen molar-refractivity contribution in [2.45, 2.75) is 26.3 Å². The minimum Gasteiger partial charge on any atom is -0.382 e. The van der Waals surface area contributed by atoms with Gasteiger partial charge < -0.3 is 5.32 Å². The number of rotatable bonds is 7. The quantitative estimate of drug-likeness (QED) is 0.391. The topological polar surface area (TPSA) is 46.9 Å². The number of fused-ring (bicyclic) bond motifs is 1. The predicted octanol–water partition coefficient (Wildman–Crippen LogP) is 5.83. The molecule has 0 aliphatic heterocycles. The van der Waals surface area contributed by atoms with Crippen molar-refractivity contribution in [3.05, 3.63) is 107 Å². The van der Waals surface area contributed by atoms with Crippen LogP contribution < -0.4 is 11.0 Å². The second-order valence-electron chi connectivity index (χ2n) is 7.99. The summed E-state index contributed by atoms with van der Waals surface area (Å²) in [4.78, 5) is 17.6. The fraction of sp³-hybridized carbons (Fsp3) is 0.185. The molecular weight excluding hydrogens is 382 g/mol. The molecule has 0 amide bonds. The van der Waals surface area contributed by atoms with E-state index in [-0.39, 0.29) is 5.69 Å². The fourth-order valence-electron chi connectivity index (χ4n) is 3.75. The third-order valence-corrected chi connectivity index (χ3v) is 5.47.